The first-order valence-corrected chi connectivity index (χ1v) is 12.6. The van der Waals surface area contributed by atoms with Gasteiger partial charge in [-0.05, 0) is 62.6 Å². The van der Waals surface area contributed by atoms with Crippen molar-refractivity contribution < 1.29 is 9.47 Å². The third-order valence-electron chi connectivity index (χ3n) is 6.58. The molecule has 6 nitrogen and oxygen atoms in total. The molecule has 2 heterocycles. The van der Waals surface area contributed by atoms with E-state index in [4.69, 9.17) is 14.5 Å². The third-order valence-corrected chi connectivity index (χ3v) is 6.58. The molecule has 0 amide bonds. The molecule has 0 spiro atoms. The van der Waals surface area contributed by atoms with Gasteiger partial charge in [-0.25, -0.2) is 4.99 Å². The van der Waals surface area contributed by atoms with E-state index in [0.717, 1.165) is 77.1 Å². The zero-order chi connectivity index (χ0) is 22.6. The van der Waals surface area contributed by atoms with Crippen LogP contribution < -0.4 is 5.32 Å². The Bertz CT molecular complexity index is 695. The summed E-state index contributed by atoms with van der Waals surface area (Å²) >= 11 is 0. The van der Waals surface area contributed by atoms with Crippen LogP contribution in [0.1, 0.15) is 57.1 Å². The zero-order valence-corrected chi connectivity index (χ0v) is 23.3. The number of benzene rings is 1. The van der Waals surface area contributed by atoms with Crippen molar-refractivity contribution in [3.63, 3.8) is 0 Å². The minimum Gasteiger partial charge on any atom is -0.385 e. The lowest BCUT2D eigenvalue weighted by Crippen LogP contribution is -2.47. The molecular formula is C26H45IN4O2. The summed E-state index contributed by atoms with van der Waals surface area (Å²) in [5.41, 5.74) is 2.77. The first kappa shape index (κ1) is 28.3. The summed E-state index contributed by atoms with van der Waals surface area (Å²) in [6, 6.07) is 8.84. The van der Waals surface area contributed by atoms with E-state index in [9.17, 15) is 0 Å². The summed E-state index contributed by atoms with van der Waals surface area (Å²) in [5.74, 6) is 1.84. The van der Waals surface area contributed by atoms with Crippen LogP contribution in [0.4, 0.5) is 0 Å². The number of hydrogen-bond donors (Lipinski definition) is 1. The Morgan fingerprint density at radius 2 is 1.85 bits per heavy atom. The second-order valence-corrected chi connectivity index (χ2v) is 9.32. The molecule has 0 bridgehead atoms. The first-order chi connectivity index (χ1) is 15.7. The molecule has 0 aromatic heterocycles. The molecule has 2 fully saturated rings. The average molecular weight is 573 g/mol. The molecule has 188 valence electrons. The number of nitrogens with zero attached hydrogens (tertiary/aromatic N) is 3. The molecule has 1 unspecified atom stereocenters. The highest BCUT2D eigenvalue weighted by atomic mass is 127. The Morgan fingerprint density at radius 1 is 1.09 bits per heavy atom. The van der Waals surface area contributed by atoms with Crippen LogP contribution in [0.25, 0.3) is 0 Å². The maximum atomic E-state index is 6.03. The van der Waals surface area contributed by atoms with Crippen LogP contribution in [0.2, 0.25) is 0 Å². The molecule has 2 aliphatic heterocycles. The zero-order valence-electron chi connectivity index (χ0n) is 20.9. The summed E-state index contributed by atoms with van der Waals surface area (Å²) < 4.78 is 11.1. The largest absolute Gasteiger partial charge is 0.385 e. The molecule has 1 N–H and O–H groups in total. The van der Waals surface area contributed by atoms with Crippen LogP contribution in [0.3, 0.4) is 0 Å². The van der Waals surface area contributed by atoms with E-state index < -0.39 is 0 Å². The van der Waals surface area contributed by atoms with Gasteiger partial charge >= 0.3 is 0 Å². The predicted octanol–water partition coefficient (Wildman–Crippen LogP) is 4.52. The van der Waals surface area contributed by atoms with Crippen LogP contribution in [0.5, 0.6) is 0 Å². The standard InChI is InChI=1S/C26H44N4O2.HI/c1-4-27-26(30-15-12-25(13-16-30)32-18-8-17-31-3)28-19-23-10-5-6-11-24(23)21-29-14-7-9-22(2)20-29;/h5-6,10-11,22,25H,4,7-9,12-21H2,1-3H3,(H,27,28);1H. The quantitative estimate of drug-likeness (QED) is 0.194. The van der Waals surface area contributed by atoms with Crippen LogP contribution in [0.15, 0.2) is 29.3 Å². The predicted molar refractivity (Wildman–Crippen MR) is 147 cm³/mol. The van der Waals surface area contributed by atoms with Gasteiger partial charge in [-0.2, -0.15) is 0 Å². The van der Waals surface area contributed by atoms with E-state index in [2.05, 4.69) is 53.2 Å². The monoisotopic (exact) mass is 572 g/mol. The topological polar surface area (TPSA) is 49.3 Å². The summed E-state index contributed by atoms with van der Waals surface area (Å²) in [4.78, 5) is 10.0. The maximum absolute atomic E-state index is 6.03. The Hall–Kier alpha value is -0.900. The smallest absolute Gasteiger partial charge is 0.194 e. The molecular weight excluding hydrogens is 527 g/mol. The fourth-order valence-corrected chi connectivity index (χ4v) is 4.81. The van der Waals surface area contributed by atoms with Gasteiger partial charge in [0.25, 0.3) is 0 Å². The van der Waals surface area contributed by atoms with E-state index in [-0.39, 0.29) is 24.0 Å². The van der Waals surface area contributed by atoms with Crippen LogP contribution in [-0.4, -0.2) is 74.9 Å². The van der Waals surface area contributed by atoms with Gasteiger partial charge in [-0.1, -0.05) is 31.2 Å². The highest BCUT2D eigenvalue weighted by Gasteiger charge is 2.22. The summed E-state index contributed by atoms with van der Waals surface area (Å²) in [7, 11) is 1.74. The van der Waals surface area contributed by atoms with Gasteiger partial charge in [0.2, 0.25) is 0 Å². The molecule has 2 aliphatic rings. The van der Waals surface area contributed by atoms with Crippen LogP contribution in [-0.2, 0) is 22.6 Å². The minimum atomic E-state index is 0. The van der Waals surface area contributed by atoms with Crippen molar-refractivity contribution in [2.45, 2.75) is 65.1 Å². The Labute approximate surface area is 218 Å². The highest BCUT2D eigenvalue weighted by Crippen LogP contribution is 2.20. The van der Waals surface area contributed by atoms with E-state index >= 15 is 0 Å². The van der Waals surface area contributed by atoms with Crippen molar-refractivity contribution >= 4 is 29.9 Å². The number of methoxy groups -OCH3 is 1. The van der Waals surface area contributed by atoms with Crippen LogP contribution in [0, 0.1) is 5.92 Å². The second kappa shape index (κ2) is 15.9. The van der Waals surface area contributed by atoms with Crippen molar-refractivity contribution in [3.8, 4) is 0 Å². The number of ether oxygens (including phenoxy) is 2. The Kier molecular flexibility index (Phi) is 13.7. The molecule has 1 aromatic carbocycles. The molecule has 2 saturated heterocycles. The molecule has 33 heavy (non-hydrogen) atoms. The molecule has 1 atom stereocenters. The number of piperidine rings is 2. The number of guanidine groups is 1. The van der Waals surface area contributed by atoms with Crippen molar-refractivity contribution in [1.29, 1.82) is 0 Å². The Balaban J connectivity index is 0.00000385. The number of rotatable bonds is 10. The number of likely N-dealkylation sites (tertiary alicyclic amines) is 2. The van der Waals surface area contributed by atoms with Gasteiger partial charge in [-0.15, -0.1) is 24.0 Å². The molecule has 0 radical (unpaired) electrons. The number of halogens is 1. The van der Waals surface area contributed by atoms with Gasteiger partial charge in [0, 0.05) is 53.0 Å². The summed E-state index contributed by atoms with van der Waals surface area (Å²) in [6.07, 6.45) is 6.12. The molecule has 7 heteroatoms. The fraction of sp³-hybridized carbons (Fsp3) is 0.731. The summed E-state index contributed by atoms with van der Waals surface area (Å²) in [5, 5.41) is 3.51. The lowest BCUT2D eigenvalue weighted by atomic mass is 9.99. The summed E-state index contributed by atoms with van der Waals surface area (Å²) in [6.45, 7) is 13.2. The van der Waals surface area contributed by atoms with Gasteiger partial charge in [0.15, 0.2) is 5.96 Å². The van der Waals surface area contributed by atoms with Gasteiger partial charge in [0.05, 0.1) is 12.6 Å². The lowest BCUT2D eigenvalue weighted by molar-refractivity contribution is 0.00990. The Morgan fingerprint density at radius 3 is 2.55 bits per heavy atom. The SMILES string of the molecule is CCNC(=NCc1ccccc1CN1CCCC(C)C1)N1CCC(OCCCOC)CC1.I. The van der Waals surface area contributed by atoms with E-state index in [1.165, 1.54) is 37.1 Å². The van der Waals surface area contributed by atoms with Gasteiger partial charge in [0.1, 0.15) is 0 Å². The van der Waals surface area contributed by atoms with E-state index in [1.807, 2.05) is 0 Å². The second-order valence-electron chi connectivity index (χ2n) is 9.32. The third kappa shape index (κ3) is 9.70. The van der Waals surface area contributed by atoms with Crippen molar-refractivity contribution in [1.82, 2.24) is 15.1 Å². The number of nitrogens with one attached hydrogen (secondary N) is 1. The molecule has 0 saturated carbocycles. The van der Waals surface area contributed by atoms with Crippen molar-refractivity contribution in [2.75, 3.05) is 53.0 Å². The van der Waals surface area contributed by atoms with Crippen molar-refractivity contribution in [2.24, 2.45) is 10.9 Å². The molecule has 3 rings (SSSR count). The minimum absolute atomic E-state index is 0. The fourth-order valence-electron chi connectivity index (χ4n) is 4.81. The van der Waals surface area contributed by atoms with Crippen LogP contribution >= 0.6 is 24.0 Å². The van der Waals surface area contributed by atoms with E-state index in [0.29, 0.717) is 6.10 Å². The average Bonchev–Trinajstić information content (AvgIpc) is 2.81. The van der Waals surface area contributed by atoms with Gasteiger partial charge in [-0.3, -0.25) is 4.90 Å². The maximum Gasteiger partial charge on any atom is 0.194 e. The normalized spacial score (nSPS) is 20.5. The number of hydrogen-bond acceptors (Lipinski definition) is 4. The van der Waals surface area contributed by atoms with Crippen molar-refractivity contribution in [3.05, 3.63) is 35.4 Å². The first-order valence-electron chi connectivity index (χ1n) is 12.6. The lowest BCUT2D eigenvalue weighted by Gasteiger charge is -2.34. The van der Waals surface area contributed by atoms with E-state index in [1.54, 1.807) is 7.11 Å². The molecule has 0 aliphatic carbocycles. The number of aliphatic imine (C=N–C) groups is 1. The highest BCUT2D eigenvalue weighted by molar-refractivity contribution is 14.0. The van der Waals surface area contributed by atoms with Gasteiger partial charge < -0.3 is 19.7 Å². The molecule has 1 aromatic rings.